The summed E-state index contributed by atoms with van der Waals surface area (Å²) in [7, 11) is 0. The minimum atomic E-state index is -0.495. The summed E-state index contributed by atoms with van der Waals surface area (Å²) in [6.45, 7) is 3.77. The SMILES string of the molecule is CCOC(=O)c1c(Cl)cccc1Nc1ccc(F)cc1C. The first-order valence-corrected chi connectivity index (χ1v) is 6.89. The van der Waals surface area contributed by atoms with Gasteiger partial charge in [0.15, 0.2) is 0 Å². The van der Waals surface area contributed by atoms with Gasteiger partial charge in [-0.2, -0.15) is 0 Å². The van der Waals surface area contributed by atoms with Gasteiger partial charge in [0.2, 0.25) is 0 Å². The van der Waals surface area contributed by atoms with Crippen molar-refractivity contribution in [1.82, 2.24) is 0 Å². The fourth-order valence-corrected chi connectivity index (χ4v) is 2.20. The average Bonchev–Trinajstić information content (AvgIpc) is 2.42. The van der Waals surface area contributed by atoms with Crippen LogP contribution in [-0.4, -0.2) is 12.6 Å². The topological polar surface area (TPSA) is 38.3 Å². The zero-order valence-corrected chi connectivity index (χ0v) is 12.5. The Balaban J connectivity index is 2.40. The second kappa shape index (κ2) is 6.59. The second-order valence-corrected chi connectivity index (χ2v) is 4.87. The van der Waals surface area contributed by atoms with Gasteiger partial charge in [-0.05, 0) is 49.7 Å². The van der Waals surface area contributed by atoms with Crippen LogP contribution in [0.25, 0.3) is 0 Å². The number of carbonyl (C=O) groups is 1. The van der Waals surface area contributed by atoms with E-state index in [1.54, 1.807) is 38.1 Å². The number of anilines is 2. The van der Waals surface area contributed by atoms with Crippen molar-refractivity contribution in [1.29, 1.82) is 0 Å². The molecule has 0 spiro atoms. The smallest absolute Gasteiger partial charge is 0.341 e. The van der Waals surface area contributed by atoms with Crippen LogP contribution >= 0.6 is 11.6 Å². The number of hydrogen-bond donors (Lipinski definition) is 1. The van der Waals surface area contributed by atoms with E-state index >= 15 is 0 Å². The molecule has 0 saturated heterocycles. The summed E-state index contributed by atoms with van der Waals surface area (Å²) in [5.41, 5.74) is 2.22. The third-order valence-electron chi connectivity index (χ3n) is 2.95. The Hall–Kier alpha value is -2.07. The highest BCUT2D eigenvalue weighted by atomic mass is 35.5. The lowest BCUT2D eigenvalue weighted by molar-refractivity contribution is 0.0528. The van der Waals surface area contributed by atoms with Crippen molar-refractivity contribution >= 4 is 28.9 Å². The Morgan fingerprint density at radius 3 is 2.71 bits per heavy atom. The molecule has 0 saturated carbocycles. The third-order valence-corrected chi connectivity index (χ3v) is 3.27. The highest BCUT2D eigenvalue weighted by Crippen LogP contribution is 2.29. The molecular weight excluding hydrogens is 293 g/mol. The van der Waals surface area contributed by atoms with Crippen molar-refractivity contribution in [3.05, 3.63) is 58.4 Å². The Labute approximate surface area is 127 Å². The molecule has 110 valence electrons. The van der Waals surface area contributed by atoms with Gasteiger partial charge in [0.1, 0.15) is 11.4 Å². The van der Waals surface area contributed by atoms with Crippen molar-refractivity contribution in [2.24, 2.45) is 0 Å². The van der Waals surface area contributed by atoms with E-state index in [0.29, 0.717) is 16.4 Å². The van der Waals surface area contributed by atoms with Gasteiger partial charge in [-0.3, -0.25) is 0 Å². The summed E-state index contributed by atoms with van der Waals surface area (Å²) in [5.74, 6) is -0.805. The molecular formula is C16H15ClFNO2. The van der Waals surface area contributed by atoms with Gasteiger partial charge in [-0.1, -0.05) is 17.7 Å². The summed E-state index contributed by atoms with van der Waals surface area (Å²) in [4.78, 5) is 12.0. The zero-order valence-electron chi connectivity index (χ0n) is 11.7. The molecule has 5 heteroatoms. The Bertz CT molecular complexity index is 673. The fraction of sp³-hybridized carbons (Fsp3) is 0.188. The van der Waals surface area contributed by atoms with Crippen LogP contribution in [0.1, 0.15) is 22.8 Å². The van der Waals surface area contributed by atoms with Gasteiger partial charge in [0.05, 0.1) is 17.3 Å². The van der Waals surface area contributed by atoms with Crippen molar-refractivity contribution in [3.63, 3.8) is 0 Å². The van der Waals surface area contributed by atoms with Crippen LogP contribution < -0.4 is 5.32 Å². The van der Waals surface area contributed by atoms with Crippen LogP contribution in [0.2, 0.25) is 5.02 Å². The summed E-state index contributed by atoms with van der Waals surface area (Å²) >= 11 is 6.09. The second-order valence-electron chi connectivity index (χ2n) is 4.47. The largest absolute Gasteiger partial charge is 0.462 e. The van der Waals surface area contributed by atoms with E-state index in [4.69, 9.17) is 16.3 Å². The lowest BCUT2D eigenvalue weighted by Gasteiger charge is -2.14. The molecule has 21 heavy (non-hydrogen) atoms. The molecule has 1 N–H and O–H groups in total. The van der Waals surface area contributed by atoms with E-state index in [2.05, 4.69) is 5.32 Å². The van der Waals surface area contributed by atoms with E-state index in [-0.39, 0.29) is 18.0 Å². The average molecular weight is 308 g/mol. The molecule has 2 rings (SSSR count). The zero-order chi connectivity index (χ0) is 15.4. The first kappa shape index (κ1) is 15.3. The van der Waals surface area contributed by atoms with Crippen LogP contribution in [0, 0.1) is 12.7 Å². The molecule has 0 aliphatic rings. The standard InChI is InChI=1S/C16H15ClFNO2/c1-3-21-16(20)15-12(17)5-4-6-14(15)19-13-8-7-11(18)9-10(13)2/h4-9,19H,3H2,1-2H3. The Kier molecular flexibility index (Phi) is 4.81. The minimum Gasteiger partial charge on any atom is -0.462 e. The summed E-state index contributed by atoms with van der Waals surface area (Å²) < 4.78 is 18.1. The van der Waals surface area contributed by atoms with Gasteiger partial charge in [-0.15, -0.1) is 0 Å². The summed E-state index contributed by atoms with van der Waals surface area (Å²) in [5, 5.41) is 3.40. The van der Waals surface area contributed by atoms with Crippen LogP contribution in [0.5, 0.6) is 0 Å². The molecule has 0 bridgehead atoms. The molecule has 0 amide bonds. The van der Waals surface area contributed by atoms with Crippen molar-refractivity contribution < 1.29 is 13.9 Å². The van der Waals surface area contributed by atoms with Crippen LogP contribution in [0.3, 0.4) is 0 Å². The third kappa shape index (κ3) is 3.52. The van der Waals surface area contributed by atoms with Crippen molar-refractivity contribution in [2.75, 3.05) is 11.9 Å². The maximum atomic E-state index is 13.1. The van der Waals surface area contributed by atoms with Gasteiger partial charge < -0.3 is 10.1 Å². The van der Waals surface area contributed by atoms with Gasteiger partial charge >= 0.3 is 5.97 Å². The molecule has 0 radical (unpaired) electrons. The van der Waals surface area contributed by atoms with Crippen molar-refractivity contribution in [3.8, 4) is 0 Å². The first-order chi connectivity index (χ1) is 10.0. The highest BCUT2D eigenvalue weighted by molar-refractivity contribution is 6.34. The number of esters is 1. The highest BCUT2D eigenvalue weighted by Gasteiger charge is 2.17. The molecule has 0 heterocycles. The maximum absolute atomic E-state index is 13.1. The number of hydrogen-bond acceptors (Lipinski definition) is 3. The van der Waals surface area contributed by atoms with Crippen molar-refractivity contribution in [2.45, 2.75) is 13.8 Å². The maximum Gasteiger partial charge on any atom is 0.341 e. The monoisotopic (exact) mass is 307 g/mol. The molecule has 0 aromatic heterocycles. The number of halogens is 2. The number of rotatable bonds is 4. The predicted octanol–water partition coefficient (Wildman–Crippen LogP) is 4.71. The number of aryl methyl sites for hydroxylation is 1. The molecule has 3 nitrogen and oxygen atoms in total. The quantitative estimate of drug-likeness (QED) is 0.831. The lowest BCUT2D eigenvalue weighted by atomic mass is 10.1. The molecule has 0 fully saturated rings. The van der Waals surface area contributed by atoms with Gasteiger partial charge in [0.25, 0.3) is 0 Å². The number of ether oxygens (including phenoxy) is 1. The summed E-state index contributed by atoms with van der Waals surface area (Å²) in [6, 6.07) is 9.45. The van der Waals surface area contributed by atoms with E-state index in [0.717, 1.165) is 5.56 Å². The van der Waals surface area contributed by atoms with E-state index in [9.17, 15) is 9.18 Å². The first-order valence-electron chi connectivity index (χ1n) is 6.51. The molecule has 2 aromatic carbocycles. The molecule has 0 unspecified atom stereocenters. The Morgan fingerprint density at radius 2 is 2.05 bits per heavy atom. The van der Waals surface area contributed by atoms with E-state index in [1.807, 2.05) is 0 Å². The van der Waals surface area contributed by atoms with Crippen LogP contribution in [0.15, 0.2) is 36.4 Å². The molecule has 2 aromatic rings. The minimum absolute atomic E-state index is 0.263. The molecule has 0 aliphatic carbocycles. The molecule has 0 atom stereocenters. The summed E-state index contributed by atoms with van der Waals surface area (Å²) in [6.07, 6.45) is 0. The van der Waals surface area contributed by atoms with Crippen LogP contribution in [-0.2, 0) is 4.74 Å². The van der Waals surface area contributed by atoms with Gasteiger partial charge in [-0.25, -0.2) is 9.18 Å². The van der Waals surface area contributed by atoms with Gasteiger partial charge in [0, 0.05) is 5.69 Å². The van der Waals surface area contributed by atoms with Crippen LogP contribution in [0.4, 0.5) is 15.8 Å². The number of nitrogens with one attached hydrogen (secondary N) is 1. The fourth-order valence-electron chi connectivity index (χ4n) is 1.95. The lowest BCUT2D eigenvalue weighted by Crippen LogP contribution is -2.09. The normalized spacial score (nSPS) is 10.3. The Morgan fingerprint density at radius 1 is 1.29 bits per heavy atom. The van der Waals surface area contributed by atoms with E-state index < -0.39 is 5.97 Å². The predicted molar refractivity (Wildman–Crippen MR) is 81.8 cm³/mol. The van der Waals surface area contributed by atoms with E-state index in [1.165, 1.54) is 12.1 Å². The number of benzene rings is 2. The number of carbonyl (C=O) groups excluding carboxylic acids is 1. The molecule has 0 aliphatic heterocycles.